The maximum absolute atomic E-state index is 9.95. The van der Waals surface area contributed by atoms with Crippen LogP contribution in [0.25, 0.3) is 0 Å². The molecule has 148 valence electrons. The van der Waals surface area contributed by atoms with E-state index in [4.69, 9.17) is 0 Å². The number of hydrogen-bond acceptors (Lipinski definition) is 5. The number of nitriles is 1. The van der Waals surface area contributed by atoms with E-state index in [0.29, 0.717) is 12.1 Å². The highest BCUT2D eigenvalue weighted by Crippen LogP contribution is 2.20. The van der Waals surface area contributed by atoms with Gasteiger partial charge in [0, 0.05) is 24.9 Å². The molecule has 0 saturated carbocycles. The minimum atomic E-state index is -0.237. The van der Waals surface area contributed by atoms with Crippen molar-refractivity contribution >= 4 is 0 Å². The molecule has 0 unspecified atom stereocenters. The summed E-state index contributed by atoms with van der Waals surface area (Å²) in [6.07, 6.45) is 2.13. The van der Waals surface area contributed by atoms with Gasteiger partial charge in [0.15, 0.2) is 6.04 Å². The van der Waals surface area contributed by atoms with Crippen molar-refractivity contribution in [2.24, 2.45) is 0 Å². The van der Waals surface area contributed by atoms with Gasteiger partial charge < -0.3 is 10.0 Å². The fraction of sp³-hybridized carbons (Fsp3) is 0.364. The van der Waals surface area contributed by atoms with Gasteiger partial charge in [0.2, 0.25) is 5.82 Å². The number of aromatic nitrogens is 4. The van der Waals surface area contributed by atoms with Gasteiger partial charge in [-0.2, -0.15) is 5.26 Å². The first kappa shape index (κ1) is 19.2. The Balaban J connectivity index is 1.64. The SMILES string of the molecule is N#Cc1cccc([C@H](c2nnnn2CCc2ccccc2)[NH+]2CCC(O)CC2)c1. The molecule has 1 aromatic heterocycles. The summed E-state index contributed by atoms with van der Waals surface area (Å²) < 4.78 is 1.88. The van der Waals surface area contributed by atoms with Crippen molar-refractivity contribution in [3.8, 4) is 6.07 Å². The molecule has 0 spiro atoms. The van der Waals surface area contributed by atoms with E-state index in [0.717, 1.165) is 43.7 Å². The Morgan fingerprint density at radius 2 is 1.93 bits per heavy atom. The average Bonchev–Trinajstić information content (AvgIpc) is 3.23. The van der Waals surface area contributed by atoms with Crippen molar-refractivity contribution in [2.45, 2.75) is 38.0 Å². The number of nitrogens with one attached hydrogen (secondary N) is 1. The van der Waals surface area contributed by atoms with Crippen LogP contribution in [-0.4, -0.2) is 44.5 Å². The number of benzene rings is 2. The van der Waals surface area contributed by atoms with Crippen LogP contribution in [0.4, 0.5) is 0 Å². The normalized spacial score (nSPS) is 20.1. The number of piperidine rings is 1. The second kappa shape index (κ2) is 8.95. The van der Waals surface area contributed by atoms with Gasteiger partial charge >= 0.3 is 0 Å². The zero-order valence-corrected chi connectivity index (χ0v) is 16.3. The highest BCUT2D eigenvalue weighted by atomic mass is 16.3. The molecule has 4 rings (SSSR count). The van der Waals surface area contributed by atoms with Crippen molar-refractivity contribution < 1.29 is 10.0 Å². The maximum Gasteiger partial charge on any atom is 0.214 e. The molecule has 3 aromatic rings. The molecule has 1 aliphatic heterocycles. The Kier molecular flexibility index (Phi) is 5.94. The van der Waals surface area contributed by atoms with Crippen molar-refractivity contribution in [2.75, 3.05) is 13.1 Å². The molecule has 0 radical (unpaired) electrons. The molecule has 7 nitrogen and oxygen atoms in total. The summed E-state index contributed by atoms with van der Waals surface area (Å²) in [4.78, 5) is 1.32. The van der Waals surface area contributed by atoms with Crippen LogP contribution >= 0.6 is 0 Å². The minimum Gasteiger partial charge on any atom is -0.393 e. The first-order valence-corrected chi connectivity index (χ1v) is 10.1. The maximum atomic E-state index is 9.95. The van der Waals surface area contributed by atoms with Gasteiger partial charge in [-0.3, -0.25) is 0 Å². The molecule has 2 N–H and O–H groups in total. The lowest BCUT2D eigenvalue weighted by Crippen LogP contribution is -3.13. The third-order valence-corrected chi connectivity index (χ3v) is 5.63. The first-order valence-electron chi connectivity index (χ1n) is 10.1. The third kappa shape index (κ3) is 4.50. The number of likely N-dealkylation sites (tertiary alicyclic amines) is 1. The Bertz CT molecular complexity index is 972. The third-order valence-electron chi connectivity index (χ3n) is 5.63. The van der Waals surface area contributed by atoms with Crippen LogP contribution in [0.5, 0.6) is 0 Å². The predicted octanol–water partition coefficient (Wildman–Crippen LogP) is 0.916. The van der Waals surface area contributed by atoms with Crippen molar-refractivity contribution in [1.29, 1.82) is 5.26 Å². The van der Waals surface area contributed by atoms with Crippen LogP contribution in [0.1, 0.15) is 41.4 Å². The molecule has 0 bridgehead atoms. The van der Waals surface area contributed by atoms with Crippen molar-refractivity contribution in [3.05, 3.63) is 77.1 Å². The van der Waals surface area contributed by atoms with Crippen LogP contribution in [0, 0.1) is 11.3 Å². The van der Waals surface area contributed by atoms with Crippen molar-refractivity contribution in [3.63, 3.8) is 0 Å². The molecule has 2 aromatic carbocycles. The molecule has 0 amide bonds. The number of aliphatic hydroxyl groups is 1. The topological polar surface area (TPSA) is 92.1 Å². The summed E-state index contributed by atoms with van der Waals surface area (Å²) in [7, 11) is 0. The number of aryl methyl sites for hydroxylation is 2. The van der Waals surface area contributed by atoms with E-state index >= 15 is 0 Å². The molecule has 1 saturated heterocycles. The zero-order valence-electron chi connectivity index (χ0n) is 16.3. The summed E-state index contributed by atoms with van der Waals surface area (Å²) in [5.41, 5.74) is 2.91. The van der Waals surface area contributed by atoms with E-state index in [1.807, 2.05) is 47.1 Å². The molecule has 7 heteroatoms. The summed E-state index contributed by atoms with van der Waals surface area (Å²) in [5, 5.41) is 31.9. The van der Waals surface area contributed by atoms with Crippen molar-refractivity contribution in [1.82, 2.24) is 20.2 Å². The largest absolute Gasteiger partial charge is 0.393 e. The standard InChI is InChI=1S/C22H24N6O/c23-16-18-7-4-8-19(15-18)21(27-12-10-20(29)11-13-27)22-24-25-26-28(22)14-9-17-5-2-1-3-6-17/h1-8,15,20-21,29H,9-14H2/p+1/t21-/m1/s1. The fourth-order valence-electron chi connectivity index (χ4n) is 4.07. The Hall–Kier alpha value is -3.08. The number of rotatable bonds is 6. The summed E-state index contributed by atoms with van der Waals surface area (Å²) in [6.45, 7) is 2.37. The number of nitrogens with zero attached hydrogens (tertiary/aromatic N) is 5. The first-order chi connectivity index (χ1) is 14.2. The number of tetrazole rings is 1. The zero-order chi connectivity index (χ0) is 20.1. The van der Waals surface area contributed by atoms with E-state index in [2.05, 4.69) is 33.7 Å². The van der Waals surface area contributed by atoms with E-state index in [1.165, 1.54) is 10.5 Å². The van der Waals surface area contributed by atoms with Crippen LogP contribution in [0.15, 0.2) is 54.6 Å². The van der Waals surface area contributed by atoms with Gasteiger partial charge in [-0.05, 0) is 34.5 Å². The van der Waals surface area contributed by atoms with E-state index < -0.39 is 0 Å². The molecule has 2 heterocycles. The smallest absolute Gasteiger partial charge is 0.214 e. The second-order valence-electron chi connectivity index (χ2n) is 7.56. The Labute approximate surface area is 170 Å². The molecular formula is C22H25N6O+. The number of aliphatic hydroxyl groups excluding tert-OH is 1. The average molecular weight is 389 g/mol. The molecular weight excluding hydrogens is 364 g/mol. The summed E-state index contributed by atoms with van der Waals surface area (Å²) >= 11 is 0. The monoisotopic (exact) mass is 389 g/mol. The lowest BCUT2D eigenvalue weighted by atomic mass is 9.98. The molecule has 0 aliphatic carbocycles. The summed E-state index contributed by atoms with van der Waals surface area (Å²) in [6, 6.07) is 20.2. The van der Waals surface area contributed by atoms with Gasteiger partial charge in [-0.1, -0.05) is 42.5 Å². The number of quaternary nitrogens is 1. The molecule has 1 atom stereocenters. The highest BCUT2D eigenvalue weighted by molar-refractivity contribution is 5.35. The van der Waals surface area contributed by atoms with Gasteiger partial charge in [0.1, 0.15) is 0 Å². The molecule has 1 aliphatic rings. The Morgan fingerprint density at radius 1 is 1.14 bits per heavy atom. The van der Waals surface area contributed by atoms with Gasteiger partial charge in [-0.15, -0.1) is 5.10 Å². The van der Waals surface area contributed by atoms with Crippen LogP contribution in [0.3, 0.4) is 0 Å². The highest BCUT2D eigenvalue weighted by Gasteiger charge is 2.34. The second-order valence-corrected chi connectivity index (χ2v) is 7.56. The lowest BCUT2D eigenvalue weighted by molar-refractivity contribution is -0.932. The van der Waals surface area contributed by atoms with E-state index in [9.17, 15) is 10.4 Å². The van der Waals surface area contributed by atoms with Crippen LogP contribution < -0.4 is 4.90 Å². The summed E-state index contributed by atoms with van der Waals surface area (Å²) in [5.74, 6) is 0.808. The van der Waals surface area contributed by atoms with Gasteiger partial charge in [-0.25, -0.2) is 4.68 Å². The van der Waals surface area contributed by atoms with Crippen LogP contribution in [0.2, 0.25) is 0 Å². The van der Waals surface area contributed by atoms with Gasteiger partial charge in [0.25, 0.3) is 0 Å². The quantitative estimate of drug-likeness (QED) is 0.654. The van der Waals surface area contributed by atoms with Gasteiger partial charge in [0.05, 0.1) is 30.8 Å². The predicted molar refractivity (Wildman–Crippen MR) is 107 cm³/mol. The molecule has 29 heavy (non-hydrogen) atoms. The fourth-order valence-corrected chi connectivity index (χ4v) is 4.07. The molecule has 1 fully saturated rings. The Morgan fingerprint density at radius 3 is 2.69 bits per heavy atom. The van der Waals surface area contributed by atoms with E-state index in [1.54, 1.807) is 0 Å². The van der Waals surface area contributed by atoms with Crippen LogP contribution in [-0.2, 0) is 13.0 Å². The van der Waals surface area contributed by atoms with E-state index in [-0.39, 0.29) is 12.1 Å². The lowest BCUT2D eigenvalue weighted by Gasteiger charge is -2.32. The number of hydrogen-bond donors (Lipinski definition) is 2. The minimum absolute atomic E-state index is 0.0680.